The minimum Gasteiger partial charge on any atom is -0.381 e. The van der Waals surface area contributed by atoms with Gasteiger partial charge in [-0.15, -0.1) is 11.3 Å². The van der Waals surface area contributed by atoms with Gasteiger partial charge >= 0.3 is 0 Å². The zero-order chi connectivity index (χ0) is 11.4. The molecule has 90 valence electrons. The highest BCUT2D eigenvalue weighted by atomic mass is 79.9. The normalized spacial score (nSPS) is 19.9. The first-order valence-corrected chi connectivity index (χ1v) is 7.24. The lowest BCUT2D eigenvalue weighted by molar-refractivity contribution is 0.0605. The van der Waals surface area contributed by atoms with E-state index in [1.807, 2.05) is 0 Å². The first-order valence-electron chi connectivity index (χ1n) is 5.57. The molecule has 1 aromatic heterocycles. The third-order valence-corrected chi connectivity index (χ3v) is 4.62. The molecule has 1 aliphatic heterocycles. The van der Waals surface area contributed by atoms with Gasteiger partial charge in [0.15, 0.2) is 0 Å². The van der Waals surface area contributed by atoms with Crippen LogP contribution in [-0.2, 0) is 4.74 Å². The summed E-state index contributed by atoms with van der Waals surface area (Å²) in [5.41, 5.74) is 4.21. The van der Waals surface area contributed by atoms with Gasteiger partial charge in [-0.1, -0.05) is 0 Å². The number of halogens is 1. The molecule has 2 heterocycles. The van der Waals surface area contributed by atoms with Crippen molar-refractivity contribution in [3.63, 3.8) is 0 Å². The van der Waals surface area contributed by atoms with Crippen molar-refractivity contribution in [2.75, 3.05) is 13.2 Å². The lowest BCUT2D eigenvalue weighted by Crippen LogP contribution is -2.30. The first-order chi connectivity index (χ1) is 7.79. The van der Waals surface area contributed by atoms with Crippen molar-refractivity contribution in [2.45, 2.75) is 25.3 Å². The molecular formula is C11H17BrN2OS. The number of ether oxygens (including phenoxy) is 1. The second-order valence-electron chi connectivity index (χ2n) is 4.19. The van der Waals surface area contributed by atoms with E-state index in [4.69, 9.17) is 10.6 Å². The third kappa shape index (κ3) is 3.28. The fourth-order valence-electron chi connectivity index (χ4n) is 2.12. The second kappa shape index (κ2) is 6.12. The monoisotopic (exact) mass is 304 g/mol. The van der Waals surface area contributed by atoms with Crippen LogP contribution in [0.2, 0.25) is 0 Å². The Morgan fingerprint density at radius 3 is 2.88 bits per heavy atom. The Bertz CT molecular complexity index is 326. The number of hydrazine groups is 1. The largest absolute Gasteiger partial charge is 0.381 e. The summed E-state index contributed by atoms with van der Waals surface area (Å²) in [5.74, 6) is 6.37. The third-order valence-electron chi connectivity index (χ3n) is 3.10. The van der Waals surface area contributed by atoms with Crippen LogP contribution in [0.4, 0.5) is 0 Å². The van der Waals surface area contributed by atoms with Crippen LogP contribution in [0.3, 0.4) is 0 Å². The minimum absolute atomic E-state index is 0.269. The molecule has 2 rings (SSSR count). The first kappa shape index (κ1) is 12.5. The van der Waals surface area contributed by atoms with Crippen LogP contribution in [0.25, 0.3) is 0 Å². The Hall–Kier alpha value is 0.0600. The van der Waals surface area contributed by atoms with Gasteiger partial charge in [-0.3, -0.25) is 11.3 Å². The van der Waals surface area contributed by atoms with Crippen LogP contribution in [0.1, 0.15) is 30.9 Å². The predicted molar refractivity (Wildman–Crippen MR) is 70.2 cm³/mol. The van der Waals surface area contributed by atoms with Gasteiger partial charge in [-0.25, -0.2) is 0 Å². The molecule has 5 heteroatoms. The molecule has 1 atom stereocenters. The van der Waals surface area contributed by atoms with E-state index in [-0.39, 0.29) is 6.04 Å². The maximum atomic E-state index is 5.64. The lowest BCUT2D eigenvalue weighted by atomic mass is 9.91. The Balaban J connectivity index is 1.94. The predicted octanol–water partition coefficient (Wildman–Crippen LogP) is 2.83. The second-order valence-corrected chi connectivity index (χ2v) is 6.49. The molecule has 1 aromatic rings. The fraction of sp³-hybridized carbons (Fsp3) is 0.636. The van der Waals surface area contributed by atoms with E-state index in [0.717, 1.165) is 42.2 Å². The summed E-state index contributed by atoms with van der Waals surface area (Å²) in [6.45, 7) is 1.80. The van der Waals surface area contributed by atoms with E-state index < -0.39 is 0 Å². The average Bonchev–Trinajstić information content (AvgIpc) is 2.74. The minimum atomic E-state index is 0.269. The summed E-state index contributed by atoms with van der Waals surface area (Å²) in [5, 5.41) is 2.16. The summed E-state index contributed by atoms with van der Waals surface area (Å²) >= 11 is 5.19. The zero-order valence-corrected chi connectivity index (χ0v) is 11.5. The summed E-state index contributed by atoms with van der Waals surface area (Å²) in [6.07, 6.45) is 3.41. The van der Waals surface area contributed by atoms with Crippen molar-refractivity contribution >= 4 is 27.3 Å². The fourth-order valence-corrected chi connectivity index (χ4v) is 3.35. The van der Waals surface area contributed by atoms with Crippen LogP contribution in [-0.4, -0.2) is 13.2 Å². The Morgan fingerprint density at radius 2 is 2.31 bits per heavy atom. The number of thiophene rings is 1. The standard InChI is InChI=1S/C11H17BrN2OS/c12-11-6-9(7-16-11)10(14-13)5-8-1-3-15-4-2-8/h6-8,10,14H,1-5,13H2. The summed E-state index contributed by atoms with van der Waals surface area (Å²) in [4.78, 5) is 0. The number of hydrogen-bond donors (Lipinski definition) is 2. The van der Waals surface area contributed by atoms with E-state index in [1.54, 1.807) is 11.3 Å². The molecule has 1 aliphatic rings. The van der Waals surface area contributed by atoms with Gasteiger partial charge in [-0.2, -0.15) is 0 Å². The van der Waals surface area contributed by atoms with Gasteiger partial charge < -0.3 is 4.74 Å². The maximum absolute atomic E-state index is 5.64. The molecule has 3 nitrogen and oxygen atoms in total. The van der Waals surface area contributed by atoms with Crippen LogP contribution >= 0.6 is 27.3 Å². The van der Waals surface area contributed by atoms with E-state index in [1.165, 1.54) is 5.56 Å². The molecule has 0 saturated carbocycles. The van der Waals surface area contributed by atoms with Crippen molar-refractivity contribution in [3.05, 3.63) is 20.8 Å². The van der Waals surface area contributed by atoms with E-state index in [0.29, 0.717) is 0 Å². The van der Waals surface area contributed by atoms with Crippen molar-refractivity contribution in [1.82, 2.24) is 5.43 Å². The van der Waals surface area contributed by atoms with Crippen LogP contribution in [0.5, 0.6) is 0 Å². The van der Waals surface area contributed by atoms with E-state index >= 15 is 0 Å². The molecule has 16 heavy (non-hydrogen) atoms. The average molecular weight is 305 g/mol. The van der Waals surface area contributed by atoms with Crippen molar-refractivity contribution < 1.29 is 4.74 Å². The molecule has 3 N–H and O–H groups in total. The number of nitrogens with two attached hydrogens (primary N) is 1. The summed E-state index contributed by atoms with van der Waals surface area (Å²) < 4.78 is 6.53. The van der Waals surface area contributed by atoms with Gasteiger partial charge in [-0.05, 0) is 58.1 Å². The Labute approximate surface area is 108 Å². The van der Waals surface area contributed by atoms with E-state index in [2.05, 4.69) is 32.8 Å². The van der Waals surface area contributed by atoms with Crippen LogP contribution < -0.4 is 11.3 Å². The molecule has 0 spiro atoms. The molecule has 1 fully saturated rings. The van der Waals surface area contributed by atoms with Gasteiger partial charge in [0.25, 0.3) is 0 Å². The summed E-state index contributed by atoms with van der Waals surface area (Å²) in [7, 11) is 0. The topological polar surface area (TPSA) is 47.3 Å². The van der Waals surface area contributed by atoms with Gasteiger partial charge in [0.2, 0.25) is 0 Å². The van der Waals surface area contributed by atoms with Crippen LogP contribution in [0.15, 0.2) is 15.2 Å². The molecule has 0 bridgehead atoms. The molecule has 0 radical (unpaired) electrons. The molecule has 0 aromatic carbocycles. The van der Waals surface area contributed by atoms with Crippen molar-refractivity contribution in [1.29, 1.82) is 0 Å². The molecule has 1 saturated heterocycles. The number of rotatable bonds is 4. The molecule has 0 amide bonds. The number of nitrogens with one attached hydrogen (secondary N) is 1. The van der Waals surface area contributed by atoms with Crippen molar-refractivity contribution in [2.24, 2.45) is 11.8 Å². The molecule has 1 unspecified atom stereocenters. The highest BCUT2D eigenvalue weighted by molar-refractivity contribution is 9.11. The SMILES string of the molecule is NNC(CC1CCOCC1)c1csc(Br)c1. The van der Waals surface area contributed by atoms with Gasteiger partial charge in [0.1, 0.15) is 0 Å². The quantitative estimate of drug-likeness (QED) is 0.664. The Morgan fingerprint density at radius 1 is 1.56 bits per heavy atom. The van der Waals surface area contributed by atoms with E-state index in [9.17, 15) is 0 Å². The van der Waals surface area contributed by atoms with Gasteiger partial charge in [0.05, 0.1) is 3.79 Å². The summed E-state index contributed by atoms with van der Waals surface area (Å²) in [6, 6.07) is 2.42. The van der Waals surface area contributed by atoms with Crippen molar-refractivity contribution in [3.8, 4) is 0 Å². The number of hydrogen-bond acceptors (Lipinski definition) is 4. The highest BCUT2D eigenvalue weighted by Crippen LogP contribution is 2.31. The van der Waals surface area contributed by atoms with Gasteiger partial charge in [0, 0.05) is 19.3 Å². The molecule has 0 aliphatic carbocycles. The maximum Gasteiger partial charge on any atom is 0.0701 e. The highest BCUT2D eigenvalue weighted by Gasteiger charge is 2.20. The zero-order valence-electron chi connectivity index (χ0n) is 9.12. The lowest BCUT2D eigenvalue weighted by Gasteiger charge is -2.26. The van der Waals surface area contributed by atoms with Crippen LogP contribution in [0, 0.1) is 5.92 Å². The smallest absolute Gasteiger partial charge is 0.0701 e. The molecular weight excluding hydrogens is 288 g/mol. The Kier molecular flexibility index (Phi) is 4.79.